The summed E-state index contributed by atoms with van der Waals surface area (Å²) in [5, 5.41) is 2.78. The van der Waals surface area contributed by atoms with Crippen LogP contribution in [0.1, 0.15) is 62.0 Å². The lowest BCUT2D eigenvalue weighted by Crippen LogP contribution is -2.31. The van der Waals surface area contributed by atoms with Gasteiger partial charge in [-0.25, -0.2) is 18.2 Å². The maximum Gasteiger partial charge on any atom is 0.274 e. The molecular weight excluding hydrogens is 509 g/mol. The summed E-state index contributed by atoms with van der Waals surface area (Å²) < 4.78 is 55.4. The van der Waals surface area contributed by atoms with Crippen molar-refractivity contribution in [2.24, 2.45) is 11.7 Å². The Morgan fingerprint density at radius 2 is 1.82 bits per heavy atom. The van der Waals surface area contributed by atoms with Crippen molar-refractivity contribution >= 4 is 11.6 Å². The highest BCUT2D eigenvalue weighted by atomic mass is 19.1. The summed E-state index contributed by atoms with van der Waals surface area (Å²) in [7, 11) is 1.49. The smallest absolute Gasteiger partial charge is 0.274 e. The minimum Gasteiger partial charge on any atom is -0.490 e. The molecule has 0 spiro atoms. The third-order valence-electron chi connectivity index (χ3n) is 6.99. The molecule has 1 aromatic carbocycles. The lowest BCUT2D eigenvalue weighted by atomic mass is 9.76. The number of anilines is 1. The van der Waals surface area contributed by atoms with Crippen LogP contribution in [0, 0.1) is 23.4 Å². The largest absolute Gasteiger partial charge is 0.490 e. The van der Waals surface area contributed by atoms with Gasteiger partial charge in [-0.15, -0.1) is 0 Å². The van der Waals surface area contributed by atoms with Gasteiger partial charge in [-0.1, -0.05) is 6.92 Å². The van der Waals surface area contributed by atoms with Crippen LogP contribution in [0.25, 0.3) is 11.3 Å². The van der Waals surface area contributed by atoms with Crippen LogP contribution in [-0.4, -0.2) is 41.2 Å². The van der Waals surface area contributed by atoms with Gasteiger partial charge in [0.15, 0.2) is 0 Å². The molecule has 2 heterocycles. The number of carbonyl (C=O) groups is 1. The van der Waals surface area contributed by atoms with Crippen molar-refractivity contribution in [3.8, 4) is 17.0 Å². The van der Waals surface area contributed by atoms with Crippen LogP contribution in [0.4, 0.5) is 18.9 Å². The number of aromatic nitrogens is 2. The van der Waals surface area contributed by atoms with E-state index in [1.807, 2.05) is 6.07 Å². The Morgan fingerprint density at radius 3 is 2.49 bits per heavy atom. The van der Waals surface area contributed by atoms with Gasteiger partial charge in [-0.05, 0) is 68.7 Å². The Kier molecular flexibility index (Phi) is 8.56. The van der Waals surface area contributed by atoms with E-state index in [-0.39, 0.29) is 30.0 Å². The highest BCUT2D eigenvalue weighted by molar-refractivity contribution is 6.03. The van der Waals surface area contributed by atoms with Crippen molar-refractivity contribution < 1.29 is 27.4 Å². The number of hydrogen-bond acceptors (Lipinski definition) is 6. The summed E-state index contributed by atoms with van der Waals surface area (Å²) in [6, 6.07) is 5.89. The molecule has 0 saturated heterocycles. The monoisotopic (exact) mass is 542 g/mol. The topological polar surface area (TPSA) is 99.4 Å². The van der Waals surface area contributed by atoms with Gasteiger partial charge >= 0.3 is 0 Å². The van der Waals surface area contributed by atoms with Crippen molar-refractivity contribution in [2.75, 3.05) is 19.0 Å². The molecule has 1 amide bonds. The molecule has 0 aliphatic heterocycles. The molecule has 1 aliphatic rings. The molecule has 10 heteroatoms. The minimum atomic E-state index is -1.08. The molecule has 1 aliphatic carbocycles. The molecule has 0 radical (unpaired) electrons. The Labute approximate surface area is 225 Å². The van der Waals surface area contributed by atoms with Gasteiger partial charge in [-0.3, -0.25) is 9.78 Å². The number of benzene rings is 1. The average molecular weight is 543 g/mol. The number of hydrogen-bond donors (Lipinski definition) is 2. The number of rotatable bonds is 8. The predicted molar refractivity (Wildman–Crippen MR) is 142 cm³/mol. The number of nitrogens with zero attached hydrogens (tertiary/aromatic N) is 2. The first-order chi connectivity index (χ1) is 18.5. The second-order valence-electron chi connectivity index (χ2n) is 10.7. The van der Waals surface area contributed by atoms with Crippen LogP contribution in [-0.2, 0) is 4.74 Å². The zero-order valence-corrected chi connectivity index (χ0v) is 22.4. The van der Waals surface area contributed by atoms with E-state index < -0.39 is 40.2 Å². The minimum absolute atomic E-state index is 0.0338. The van der Waals surface area contributed by atoms with E-state index in [1.54, 1.807) is 20.0 Å². The summed E-state index contributed by atoms with van der Waals surface area (Å²) in [5.41, 5.74) is 5.39. The standard InChI is InChI=1S/C29H33F3N4O3/c1-16-9-17(11-18(33)10-16)20-7-8-34-14-25(20)36-28(37)24-6-5-21(30)27(35-24)26-22(31)12-19(13-23(26)32)39-15-29(2,3)38-4/h5-8,12-14,16-18H,9-11,15,33H2,1-4H3,(H,36,37)/t16-,17+,18-/m0/s1. The molecule has 3 atom stereocenters. The van der Waals surface area contributed by atoms with Crippen LogP contribution in [0.2, 0.25) is 0 Å². The van der Waals surface area contributed by atoms with Gasteiger partial charge in [0.05, 0.1) is 23.0 Å². The van der Waals surface area contributed by atoms with Gasteiger partial charge in [0, 0.05) is 31.5 Å². The van der Waals surface area contributed by atoms with E-state index >= 15 is 8.78 Å². The highest BCUT2D eigenvalue weighted by Gasteiger charge is 2.28. The molecule has 2 aromatic heterocycles. The Balaban J connectivity index is 1.59. The summed E-state index contributed by atoms with van der Waals surface area (Å²) in [4.78, 5) is 21.2. The van der Waals surface area contributed by atoms with Crippen LogP contribution >= 0.6 is 0 Å². The highest BCUT2D eigenvalue weighted by Crippen LogP contribution is 2.38. The van der Waals surface area contributed by atoms with Crippen molar-refractivity contribution in [1.82, 2.24) is 9.97 Å². The van der Waals surface area contributed by atoms with Gasteiger partial charge in [-0.2, -0.15) is 0 Å². The first-order valence-corrected chi connectivity index (χ1v) is 12.8. The normalized spacial score (nSPS) is 19.5. The fourth-order valence-corrected chi connectivity index (χ4v) is 4.88. The van der Waals surface area contributed by atoms with E-state index in [2.05, 4.69) is 22.2 Å². The quantitative estimate of drug-likeness (QED) is 0.371. The number of methoxy groups -OCH3 is 1. The molecular formula is C29H33F3N4O3. The van der Waals surface area contributed by atoms with Crippen LogP contribution in [0.3, 0.4) is 0 Å². The number of ether oxygens (including phenoxy) is 2. The molecule has 4 rings (SSSR count). The number of pyridine rings is 2. The molecule has 7 nitrogen and oxygen atoms in total. The average Bonchev–Trinajstić information content (AvgIpc) is 2.88. The second kappa shape index (κ2) is 11.7. The Bertz CT molecular complexity index is 1320. The van der Waals surface area contributed by atoms with Crippen molar-refractivity contribution in [3.63, 3.8) is 0 Å². The molecule has 3 N–H and O–H groups in total. The van der Waals surface area contributed by atoms with Gasteiger partial charge in [0.2, 0.25) is 0 Å². The SMILES string of the molecule is COC(C)(C)COc1cc(F)c(-c2nc(C(=O)Nc3cnccc3[C@@H]3C[C@H](C)C[C@H](N)C3)ccc2F)c(F)c1. The fraction of sp³-hybridized carbons (Fsp3) is 0.414. The third-order valence-corrected chi connectivity index (χ3v) is 6.99. The number of amides is 1. The Morgan fingerprint density at radius 1 is 1.10 bits per heavy atom. The Hall–Kier alpha value is -3.50. The molecule has 3 aromatic rings. The third kappa shape index (κ3) is 6.75. The second-order valence-corrected chi connectivity index (χ2v) is 10.7. The zero-order chi connectivity index (χ0) is 28.3. The molecule has 208 valence electrons. The van der Waals surface area contributed by atoms with Crippen LogP contribution < -0.4 is 15.8 Å². The summed E-state index contributed by atoms with van der Waals surface area (Å²) in [5.74, 6) is -3.33. The van der Waals surface area contributed by atoms with Crippen molar-refractivity contribution in [1.29, 1.82) is 0 Å². The van der Waals surface area contributed by atoms with Gasteiger partial charge in [0.25, 0.3) is 5.91 Å². The summed E-state index contributed by atoms with van der Waals surface area (Å²) in [6.07, 6.45) is 5.82. The number of nitrogens with one attached hydrogen (secondary N) is 1. The van der Waals surface area contributed by atoms with Crippen molar-refractivity contribution in [3.05, 3.63) is 71.4 Å². The van der Waals surface area contributed by atoms with Crippen LogP contribution in [0.5, 0.6) is 5.75 Å². The summed E-state index contributed by atoms with van der Waals surface area (Å²) >= 11 is 0. The first-order valence-electron chi connectivity index (χ1n) is 12.8. The fourth-order valence-electron chi connectivity index (χ4n) is 4.88. The first kappa shape index (κ1) is 28.5. The van der Waals surface area contributed by atoms with E-state index in [1.165, 1.54) is 13.3 Å². The lowest BCUT2D eigenvalue weighted by Gasteiger charge is -2.32. The molecule has 39 heavy (non-hydrogen) atoms. The molecule has 0 unspecified atom stereocenters. The summed E-state index contributed by atoms with van der Waals surface area (Å²) in [6.45, 7) is 5.69. The molecule has 1 fully saturated rings. The number of carbonyl (C=O) groups excluding carboxylic acids is 1. The number of halogens is 3. The molecule has 0 bridgehead atoms. The maximum absolute atomic E-state index is 15.0. The molecule has 1 saturated carbocycles. The van der Waals surface area contributed by atoms with Gasteiger partial charge < -0.3 is 20.5 Å². The van der Waals surface area contributed by atoms with E-state index in [0.717, 1.165) is 49.1 Å². The van der Waals surface area contributed by atoms with Crippen LogP contribution in [0.15, 0.2) is 42.7 Å². The van der Waals surface area contributed by atoms with E-state index in [4.69, 9.17) is 15.2 Å². The van der Waals surface area contributed by atoms with Crippen molar-refractivity contribution in [2.45, 2.75) is 57.6 Å². The lowest BCUT2D eigenvalue weighted by molar-refractivity contribution is -0.0148. The number of nitrogens with two attached hydrogens (primary N) is 1. The predicted octanol–water partition coefficient (Wildman–Crippen LogP) is 5.85. The van der Waals surface area contributed by atoms with Gasteiger partial charge in [0.1, 0.15) is 41.2 Å². The van der Waals surface area contributed by atoms with E-state index in [0.29, 0.717) is 11.6 Å². The zero-order valence-electron chi connectivity index (χ0n) is 22.4. The maximum atomic E-state index is 15.0. The van der Waals surface area contributed by atoms with E-state index in [9.17, 15) is 9.18 Å².